The zero-order valence-electron chi connectivity index (χ0n) is 12.1. The molecule has 2 rings (SSSR count). The maximum absolute atomic E-state index is 13.2. The number of nitrogens with one attached hydrogen (secondary N) is 1. The number of hydrogen-bond acceptors (Lipinski definition) is 5. The van der Waals surface area contributed by atoms with Gasteiger partial charge in [0.25, 0.3) is 0 Å². The average molecular weight is 307 g/mol. The molecule has 112 valence electrons. The van der Waals surface area contributed by atoms with E-state index in [1.54, 1.807) is 13.2 Å². The van der Waals surface area contributed by atoms with Crippen LogP contribution >= 0.6 is 11.8 Å². The average Bonchev–Trinajstić information content (AvgIpc) is 2.45. The molecule has 0 radical (unpaired) electrons. The van der Waals surface area contributed by atoms with Crippen LogP contribution in [0.2, 0.25) is 0 Å². The van der Waals surface area contributed by atoms with E-state index in [1.807, 2.05) is 12.1 Å². The quantitative estimate of drug-likeness (QED) is 0.790. The highest BCUT2D eigenvalue weighted by Crippen LogP contribution is 2.28. The van der Waals surface area contributed by atoms with Gasteiger partial charge < -0.3 is 10.1 Å². The number of halogens is 1. The van der Waals surface area contributed by atoms with Gasteiger partial charge in [0, 0.05) is 24.6 Å². The Bertz CT molecular complexity index is 595. The van der Waals surface area contributed by atoms with E-state index in [-0.39, 0.29) is 5.82 Å². The Labute approximate surface area is 128 Å². The van der Waals surface area contributed by atoms with Crippen LogP contribution in [0.4, 0.5) is 10.2 Å². The lowest BCUT2D eigenvalue weighted by atomic mass is 10.4. The highest BCUT2D eigenvalue weighted by Gasteiger charge is 2.07. The van der Waals surface area contributed by atoms with Gasteiger partial charge >= 0.3 is 0 Å². The molecule has 21 heavy (non-hydrogen) atoms. The van der Waals surface area contributed by atoms with E-state index in [1.165, 1.54) is 23.9 Å². The van der Waals surface area contributed by atoms with Gasteiger partial charge in [-0.05, 0) is 24.6 Å². The fourth-order valence-electron chi connectivity index (χ4n) is 1.71. The molecule has 0 aliphatic heterocycles. The molecule has 2 aromatic rings. The first-order valence-corrected chi connectivity index (χ1v) is 7.57. The molecule has 0 spiro atoms. The molecule has 1 N–H and O–H groups in total. The second kappa shape index (κ2) is 7.95. The second-order valence-electron chi connectivity index (χ2n) is 4.43. The van der Waals surface area contributed by atoms with Crippen molar-refractivity contribution in [3.63, 3.8) is 0 Å². The summed E-state index contributed by atoms with van der Waals surface area (Å²) in [7, 11) is 1.61. The highest BCUT2D eigenvalue weighted by atomic mass is 32.2. The lowest BCUT2D eigenvalue weighted by molar-refractivity contribution is 0.177. The van der Waals surface area contributed by atoms with Gasteiger partial charge in [-0.3, -0.25) is 0 Å². The predicted octanol–water partition coefficient (Wildman–Crippen LogP) is 3.74. The first kappa shape index (κ1) is 15.7. The fraction of sp³-hybridized carbons (Fsp3) is 0.333. The molecule has 0 bridgehead atoms. The largest absolute Gasteiger partial charge is 0.377 e. The van der Waals surface area contributed by atoms with Crippen molar-refractivity contribution in [3.8, 4) is 0 Å². The molecule has 1 aromatic carbocycles. The minimum atomic E-state index is -0.254. The van der Waals surface area contributed by atoms with Crippen LogP contribution in [0.3, 0.4) is 0 Å². The van der Waals surface area contributed by atoms with Crippen LogP contribution in [0, 0.1) is 5.82 Å². The van der Waals surface area contributed by atoms with Gasteiger partial charge in [0.1, 0.15) is 23.3 Å². The van der Waals surface area contributed by atoms with Crippen molar-refractivity contribution in [1.29, 1.82) is 0 Å². The number of aromatic nitrogens is 2. The number of benzene rings is 1. The van der Waals surface area contributed by atoms with Crippen molar-refractivity contribution in [1.82, 2.24) is 9.97 Å². The molecule has 0 amide bonds. The summed E-state index contributed by atoms with van der Waals surface area (Å²) in [6, 6.07) is 8.32. The first-order chi connectivity index (χ1) is 10.2. The van der Waals surface area contributed by atoms with E-state index in [0.717, 1.165) is 28.7 Å². The summed E-state index contributed by atoms with van der Waals surface area (Å²) in [6.45, 7) is 3.28. The minimum absolute atomic E-state index is 0.254. The lowest BCUT2D eigenvalue weighted by Gasteiger charge is -2.09. The number of rotatable bonds is 7. The first-order valence-electron chi connectivity index (χ1n) is 6.75. The predicted molar refractivity (Wildman–Crippen MR) is 82.0 cm³/mol. The Balaban J connectivity index is 2.22. The maximum Gasteiger partial charge on any atom is 0.157 e. The molecule has 0 saturated heterocycles. The maximum atomic E-state index is 13.2. The Morgan fingerprint density at radius 2 is 2.14 bits per heavy atom. The van der Waals surface area contributed by atoms with Crippen molar-refractivity contribution >= 4 is 17.6 Å². The topological polar surface area (TPSA) is 47.0 Å². The smallest absolute Gasteiger partial charge is 0.157 e. The SMILES string of the molecule is CCCNc1cc(Sc2cccc(F)c2)nc(COC)n1. The van der Waals surface area contributed by atoms with Crippen LogP contribution in [-0.4, -0.2) is 23.6 Å². The lowest BCUT2D eigenvalue weighted by Crippen LogP contribution is -2.06. The van der Waals surface area contributed by atoms with Crippen LogP contribution < -0.4 is 5.32 Å². The van der Waals surface area contributed by atoms with Crippen molar-refractivity contribution in [2.45, 2.75) is 29.9 Å². The number of nitrogens with zero attached hydrogens (tertiary/aromatic N) is 2. The standard InChI is InChI=1S/C15H18FN3OS/c1-3-7-17-13-9-15(19-14(18-13)10-20-2)21-12-6-4-5-11(16)8-12/h4-6,8-9H,3,7,10H2,1-2H3,(H,17,18,19). The van der Waals surface area contributed by atoms with E-state index >= 15 is 0 Å². The normalized spacial score (nSPS) is 10.6. The van der Waals surface area contributed by atoms with Gasteiger partial charge in [-0.15, -0.1) is 0 Å². The van der Waals surface area contributed by atoms with E-state index in [2.05, 4.69) is 22.2 Å². The van der Waals surface area contributed by atoms with Crippen LogP contribution in [0.15, 0.2) is 40.3 Å². The molecule has 4 nitrogen and oxygen atoms in total. The summed E-state index contributed by atoms with van der Waals surface area (Å²) < 4.78 is 18.3. The number of ether oxygens (including phenoxy) is 1. The molecule has 1 heterocycles. The third-order valence-corrected chi connectivity index (χ3v) is 3.50. The van der Waals surface area contributed by atoms with Crippen LogP contribution in [-0.2, 0) is 11.3 Å². The van der Waals surface area contributed by atoms with Gasteiger partial charge in [0.05, 0.1) is 0 Å². The summed E-state index contributed by atoms with van der Waals surface area (Å²) in [5, 5.41) is 4.00. The molecular formula is C15H18FN3OS. The van der Waals surface area contributed by atoms with Gasteiger partial charge in [0.2, 0.25) is 0 Å². The van der Waals surface area contributed by atoms with Crippen LogP contribution in [0.1, 0.15) is 19.2 Å². The summed E-state index contributed by atoms with van der Waals surface area (Å²) in [6.07, 6.45) is 1.01. The van der Waals surface area contributed by atoms with Gasteiger partial charge in [-0.25, -0.2) is 14.4 Å². The molecule has 0 fully saturated rings. The summed E-state index contributed by atoms with van der Waals surface area (Å²) in [4.78, 5) is 9.61. The Hall–Kier alpha value is -1.66. The summed E-state index contributed by atoms with van der Waals surface area (Å²) in [5.41, 5.74) is 0. The van der Waals surface area contributed by atoms with Crippen molar-refractivity contribution in [2.75, 3.05) is 19.0 Å². The number of methoxy groups -OCH3 is 1. The highest BCUT2D eigenvalue weighted by molar-refractivity contribution is 7.99. The number of hydrogen-bond donors (Lipinski definition) is 1. The Kier molecular flexibility index (Phi) is 5.95. The summed E-state index contributed by atoms with van der Waals surface area (Å²) >= 11 is 1.40. The zero-order valence-corrected chi connectivity index (χ0v) is 12.9. The van der Waals surface area contributed by atoms with E-state index in [0.29, 0.717) is 12.4 Å². The molecule has 0 aliphatic carbocycles. The molecule has 0 aliphatic rings. The Morgan fingerprint density at radius 1 is 1.29 bits per heavy atom. The third-order valence-electron chi connectivity index (χ3n) is 2.60. The molecule has 0 saturated carbocycles. The zero-order chi connectivity index (χ0) is 15.1. The third kappa shape index (κ3) is 4.99. The molecule has 0 unspecified atom stereocenters. The second-order valence-corrected chi connectivity index (χ2v) is 5.52. The molecule has 1 aromatic heterocycles. The van der Waals surface area contributed by atoms with Crippen LogP contribution in [0.25, 0.3) is 0 Å². The van der Waals surface area contributed by atoms with Crippen molar-refractivity contribution < 1.29 is 9.13 Å². The molecule has 6 heteroatoms. The van der Waals surface area contributed by atoms with Gasteiger partial charge in [0.15, 0.2) is 5.82 Å². The van der Waals surface area contributed by atoms with E-state index < -0.39 is 0 Å². The van der Waals surface area contributed by atoms with Gasteiger partial charge in [-0.1, -0.05) is 24.8 Å². The Morgan fingerprint density at radius 3 is 2.86 bits per heavy atom. The summed E-state index contributed by atoms with van der Waals surface area (Å²) in [5.74, 6) is 1.12. The van der Waals surface area contributed by atoms with Crippen LogP contribution in [0.5, 0.6) is 0 Å². The van der Waals surface area contributed by atoms with E-state index in [4.69, 9.17) is 4.74 Å². The monoisotopic (exact) mass is 307 g/mol. The fourth-order valence-corrected chi connectivity index (χ4v) is 2.59. The van der Waals surface area contributed by atoms with E-state index in [9.17, 15) is 4.39 Å². The minimum Gasteiger partial charge on any atom is -0.377 e. The van der Waals surface area contributed by atoms with Gasteiger partial charge in [-0.2, -0.15) is 0 Å². The molecule has 0 atom stereocenters. The molecular weight excluding hydrogens is 289 g/mol. The number of anilines is 1. The van der Waals surface area contributed by atoms with Crippen molar-refractivity contribution in [2.24, 2.45) is 0 Å². The van der Waals surface area contributed by atoms with Crippen molar-refractivity contribution in [3.05, 3.63) is 42.0 Å².